The van der Waals surface area contributed by atoms with E-state index in [1.165, 1.54) is 0 Å². The Morgan fingerprint density at radius 2 is 2.33 bits per heavy atom. The highest BCUT2D eigenvalue weighted by Crippen LogP contribution is 1.87. The Labute approximate surface area is 77.3 Å². The summed E-state index contributed by atoms with van der Waals surface area (Å²) in [4.78, 5) is 0. The Hall–Kier alpha value is -0.420. The summed E-state index contributed by atoms with van der Waals surface area (Å²) >= 11 is 4.83. The molecule has 72 valence electrons. The molecular formula is C7H15FN2OS. The molecule has 0 aliphatic rings. The third-order valence-corrected chi connectivity index (χ3v) is 1.69. The highest BCUT2D eigenvalue weighted by atomic mass is 32.1. The second kappa shape index (κ2) is 7.24. The molecule has 0 saturated carbocycles. The highest BCUT2D eigenvalue weighted by molar-refractivity contribution is 7.80. The van der Waals surface area contributed by atoms with Gasteiger partial charge in [-0.2, -0.15) is 0 Å². The van der Waals surface area contributed by atoms with Gasteiger partial charge in [-0.3, -0.25) is 0 Å². The second-order valence-corrected chi connectivity index (χ2v) is 2.79. The van der Waals surface area contributed by atoms with E-state index in [0.29, 0.717) is 5.11 Å². The van der Waals surface area contributed by atoms with Crippen molar-refractivity contribution in [3.63, 3.8) is 0 Å². The third-order valence-electron chi connectivity index (χ3n) is 1.43. The van der Waals surface area contributed by atoms with Crippen molar-refractivity contribution in [2.75, 3.05) is 19.8 Å². The predicted molar refractivity (Wildman–Crippen MR) is 50.9 cm³/mol. The first kappa shape index (κ1) is 11.6. The lowest BCUT2D eigenvalue weighted by molar-refractivity contribution is 0.252. The van der Waals surface area contributed by atoms with Crippen molar-refractivity contribution < 1.29 is 9.50 Å². The summed E-state index contributed by atoms with van der Waals surface area (Å²) < 4.78 is 11.7. The van der Waals surface area contributed by atoms with Crippen molar-refractivity contribution in [1.29, 1.82) is 0 Å². The molecule has 0 aliphatic carbocycles. The smallest absolute Gasteiger partial charge is 0.166 e. The maximum atomic E-state index is 11.7. The van der Waals surface area contributed by atoms with Crippen molar-refractivity contribution in [2.24, 2.45) is 0 Å². The van der Waals surface area contributed by atoms with Crippen LogP contribution in [0.4, 0.5) is 4.39 Å². The summed E-state index contributed by atoms with van der Waals surface area (Å²) in [6.45, 7) is 1.74. The second-order valence-electron chi connectivity index (χ2n) is 2.38. The van der Waals surface area contributed by atoms with Crippen LogP contribution in [0.5, 0.6) is 0 Å². The average Bonchev–Trinajstić information content (AvgIpc) is 2.10. The molecule has 3 N–H and O–H groups in total. The minimum atomic E-state index is -0.447. The molecule has 3 nitrogen and oxygen atoms in total. The van der Waals surface area contributed by atoms with Gasteiger partial charge in [0, 0.05) is 6.54 Å². The zero-order valence-electron chi connectivity index (χ0n) is 7.14. The van der Waals surface area contributed by atoms with E-state index in [4.69, 9.17) is 17.3 Å². The minimum Gasteiger partial charge on any atom is -0.394 e. The van der Waals surface area contributed by atoms with Crippen LogP contribution in [-0.4, -0.2) is 36.1 Å². The summed E-state index contributed by atoms with van der Waals surface area (Å²) in [5.41, 5.74) is 0. The molecule has 0 fully saturated rings. The van der Waals surface area contributed by atoms with E-state index in [9.17, 15) is 4.39 Å². The van der Waals surface area contributed by atoms with Gasteiger partial charge in [0.05, 0.1) is 12.6 Å². The van der Waals surface area contributed by atoms with E-state index in [-0.39, 0.29) is 19.2 Å². The van der Waals surface area contributed by atoms with Gasteiger partial charge in [0.25, 0.3) is 0 Å². The molecule has 1 atom stereocenters. The summed E-state index contributed by atoms with van der Waals surface area (Å²) in [5, 5.41) is 14.7. The molecule has 0 aliphatic heterocycles. The van der Waals surface area contributed by atoms with Crippen LogP contribution in [0.3, 0.4) is 0 Å². The van der Waals surface area contributed by atoms with Crippen molar-refractivity contribution in [3.8, 4) is 0 Å². The fraction of sp³-hybridized carbons (Fsp3) is 0.857. The minimum absolute atomic E-state index is 0.0357. The van der Waals surface area contributed by atoms with Crippen LogP contribution >= 0.6 is 12.2 Å². The van der Waals surface area contributed by atoms with E-state index in [1.54, 1.807) is 0 Å². The molecule has 0 bridgehead atoms. The fourth-order valence-corrected chi connectivity index (χ4v) is 0.943. The molecule has 0 spiro atoms. The Morgan fingerprint density at radius 3 is 2.75 bits per heavy atom. The monoisotopic (exact) mass is 194 g/mol. The lowest BCUT2D eigenvalue weighted by Gasteiger charge is -2.16. The number of alkyl halides is 1. The van der Waals surface area contributed by atoms with Crippen molar-refractivity contribution >= 4 is 17.3 Å². The van der Waals surface area contributed by atoms with E-state index in [1.807, 2.05) is 6.92 Å². The highest BCUT2D eigenvalue weighted by Gasteiger charge is 2.04. The van der Waals surface area contributed by atoms with Crippen LogP contribution in [0, 0.1) is 0 Å². The maximum Gasteiger partial charge on any atom is 0.166 e. The maximum absolute atomic E-state index is 11.7. The normalized spacial score (nSPS) is 12.2. The van der Waals surface area contributed by atoms with Gasteiger partial charge in [0.2, 0.25) is 0 Å². The Bertz CT molecular complexity index is 131. The van der Waals surface area contributed by atoms with Gasteiger partial charge < -0.3 is 15.7 Å². The molecule has 0 saturated heterocycles. The van der Waals surface area contributed by atoms with E-state index < -0.39 is 6.67 Å². The zero-order valence-corrected chi connectivity index (χ0v) is 7.96. The molecule has 0 radical (unpaired) electrons. The first-order valence-electron chi connectivity index (χ1n) is 3.95. The van der Waals surface area contributed by atoms with E-state index in [0.717, 1.165) is 6.42 Å². The summed E-state index contributed by atoms with van der Waals surface area (Å²) in [6.07, 6.45) is 0.786. The molecule has 0 aromatic carbocycles. The molecule has 0 heterocycles. The summed E-state index contributed by atoms with van der Waals surface area (Å²) in [5.74, 6) is 0. The first-order chi connectivity index (χ1) is 5.74. The molecule has 1 unspecified atom stereocenters. The van der Waals surface area contributed by atoms with Crippen molar-refractivity contribution in [1.82, 2.24) is 10.6 Å². The SMILES string of the molecule is CCC(CO)NC(=S)NCCF. The van der Waals surface area contributed by atoms with Crippen LogP contribution in [-0.2, 0) is 0 Å². The van der Waals surface area contributed by atoms with Crippen LogP contribution in [0.25, 0.3) is 0 Å². The quantitative estimate of drug-likeness (QED) is 0.547. The summed E-state index contributed by atoms with van der Waals surface area (Å²) in [7, 11) is 0. The standard InChI is InChI=1S/C7H15FN2OS/c1-2-6(5-11)10-7(12)9-4-3-8/h6,11H,2-5H2,1H3,(H2,9,10,12). The Morgan fingerprint density at radius 1 is 1.67 bits per heavy atom. The molecule has 0 rings (SSSR count). The number of halogens is 1. The Balaban J connectivity index is 3.52. The number of aliphatic hydroxyl groups is 1. The number of nitrogens with one attached hydrogen (secondary N) is 2. The van der Waals surface area contributed by atoms with Gasteiger partial charge in [-0.25, -0.2) is 4.39 Å². The molecule has 12 heavy (non-hydrogen) atoms. The van der Waals surface area contributed by atoms with E-state index >= 15 is 0 Å². The number of aliphatic hydroxyl groups excluding tert-OH is 1. The Kier molecular flexibility index (Phi) is 6.99. The largest absolute Gasteiger partial charge is 0.394 e. The van der Waals surface area contributed by atoms with Gasteiger partial charge >= 0.3 is 0 Å². The predicted octanol–water partition coefficient (Wildman–Crippen LogP) is 0.191. The lowest BCUT2D eigenvalue weighted by atomic mass is 10.2. The number of hydrogen-bond acceptors (Lipinski definition) is 2. The van der Waals surface area contributed by atoms with Crippen LogP contribution < -0.4 is 10.6 Å². The van der Waals surface area contributed by atoms with Crippen LogP contribution in [0.2, 0.25) is 0 Å². The van der Waals surface area contributed by atoms with Crippen LogP contribution in [0.15, 0.2) is 0 Å². The number of hydrogen-bond donors (Lipinski definition) is 3. The average molecular weight is 194 g/mol. The van der Waals surface area contributed by atoms with Crippen LogP contribution in [0.1, 0.15) is 13.3 Å². The number of rotatable bonds is 5. The van der Waals surface area contributed by atoms with Gasteiger partial charge in [0.1, 0.15) is 6.67 Å². The van der Waals surface area contributed by atoms with Gasteiger partial charge in [-0.1, -0.05) is 6.92 Å². The van der Waals surface area contributed by atoms with Gasteiger partial charge in [-0.15, -0.1) is 0 Å². The molecule has 0 aromatic rings. The van der Waals surface area contributed by atoms with Crippen molar-refractivity contribution in [3.05, 3.63) is 0 Å². The van der Waals surface area contributed by atoms with Crippen molar-refractivity contribution in [2.45, 2.75) is 19.4 Å². The van der Waals surface area contributed by atoms with E-state index in [2.05, 4.69) is 10.6 Å². The molecule has 0 amide bonds. The molecular weight excluding hydrogens is 179 g/mol. The van der Waals surface area contributed by atoms with Gasteiger partial charge in [-0.05, 0) is 18.6 Å². The molecule has 0 aromatic heterocycles. The summed E-state index contributed by atoms with van der Waals surface area (Å²) in [6, 6.07) is -0.0374. The fourth-order valence-electron chi connectivity index (χ4n) is 0.674. The topological polar surface area (TPSA) is 44.3 Å². The number of thiocarbonyl (C=S) groups is 1. The third kappa shape index (κ3) is 5.26. The first-order valence-corrected chi connectivity index (χ1v) is 4.36. The molecule has 5 heteroatoms. The van der Waals surface area contributed by atoms with Gasteiger partial charge in [0.15, 0.2) is 5.11 Å². The lowest BCUT2D eigenvalue weighted by Crippen LogP contribution is -2.43. The zero-order chi connectivity index (χ0) is 9.40.